The van der Waals surface area contributed by atoms with Crippen molar-refractivity contribution in [3.63, 3.8) is 0 Å². The number of rotatable bonds is 6. The number of anilines is 2. The molecule has 2 rings (SSSR count). The van der Waals surface area contributed by atoms with Gasteiger partial charge in [0.1, 0.15) is 0 Å². The highest BCUT2D eigenvalue weighted by atomic mass is 16.4. The summed E-state index contributed by atoms with van der Waals surface area (Å²) in [5, 5.41) is 11.9. The Kier molecular flexibility index (Phi) is 5.26. The van der Waals surface area contributed by atoms with E-state index in [4.69, 9.17) is 5.11 Å². The van der Waals surface area contributed by atoms with Crippen LogP contribution in [0.5, 0.6) is 0 Å². The summed E-state index contributed by atoms with van der Waals surface area (Å²) in [7, 11) is 0. The summed E-state index contributed by atoms with van der Waals surface area (Å²) in [6.07, 6.45) is 1.91. The van der Waals surface area contributed by atoms with Gasteiger partial charge in [-0.05, 0) is 50.5 Å². The summed E-state index contributed by atoms with van der Waals surface area (Å²) >= 11 is 0. The minimum Gasteiger partial charge on any atom is -0.481 e. The van der Waals surface area contributed by atoms with Gasteiger partial charge < -0.3 is 15.3 Å². The maximum atomic E-state index is 12.1. The molecule has 0 spiro atoms. The van der Waals surface area contributed by atoms with E-state index >= 15 is 0 Å². The quantitative estimate of drug-likeness (QED) is 0.838. The zero-order valence-corrected chi connectivity index (χ0v) is 14.4. The predicted molar refractivity (Wildman–Crippen MR) is 92.1 cm³/mol. The van der Waals surface area contributed by atoms with E-state index in [9.17, 15) is 14.4 Å². The van der Waals surface area contributed by atoms with Crippen molar-refractivity contribution in [1.82, 2.24) is 0 Å². The molecule has 1 aromatic carbocycles. The molecule has 6 nitrogen and oxygen atoms in total. The SMILES string of the molecule is CCCN1C(=O)CCc2cc(NC(=O)CC(C)(C)C(=O)O)ccc21. The highest BCUT2D eigenvalue weighted by molar-refractivity contribution is 5.98. The first-order chi connectivity index (χ1) is 11.2. The minimum absolute atomic E-state index is 0.0974. The molecular formula is C18H24N2O4. The van der Waals surface area contributed by atoms with Crippen LogP contribution in [0, 0.1) is 5.41 Å². The molecule has 130 valence electrons. The topological polar surface area (TPSA) is 86.7 Å². The summed E-state index contributed by atoms with van der Waals surface area (Å²) in [6, 6.07) is 5.47. The van der Waals surface area contributed by atoms with Gasteiger partial charge in [-0.15, -0.1) is 0 Å². The number of hydrogen-bond acceptors (Lipinski definition) is 3. The Hall–Kier alpha value is -2.37. The van der Waals surface area contributed by atoms with Crippen LogP contribution in [0.2, 0.25) is 0 Å². The molecule has 0 fully saturated rings. The van der Waals surface area contributed by atoms with Crippen molar-refractivity contribution < 1.29 is 19.5 Å². The van der Waals surface area contributed by atoms with E-state index in [2.05, 4.69) is 5.32 Å². The molecule has 1 aromatic rings. The molecule has 1 heterocycles. The third-order valence-electron chi connectivity index (χ3n) is 4.19. The van der Waals surface area contributed by atoms with Crippen molar-refractivity contribution in [2.75, 3.05) is 16.8 Å². The third-order valence-corrected chi connectivity index (χ3v) is 4.19. The first kappa shape index (κ1) is 18.0. The number of benzene rings is 1. The average molecular weight is 332 g/mol. The van der Waals surface area contributed by atoms with Crippen molar-refractivity contribution >= 4 is 29.2 Å². The summed E-state index contributed by atoms with van der Waals surface area (Å²) in [5.41, 5.74) is 1.45. The highest BCUT2D eigenvalue weighted by Gasteiger charge is 2.30. The number of nitrogens with one attached hydrogen (secondary N) is 1. The molecule has 2 amide bonds. The fourth-order valence-corrected chi connectivity index (χ4v) is 2.79. The second-order valence-electron chi connectivity index (χ2n) is 6.80. The van der Waals surface area contributed by atoms with Crippen LogP contribution in [0.1, 0.15) is 45.6 Å². The number of carbonyl (C=O) groups is 3. The molecule has 6 heteroatoms. The van der Waals surface area contributed by atoms with E-state index in [1.807, 2.05) is 19.1 Å². The van der Waals surface area contributed by atoms with E-state index in [-0.39, 0.29) is 18.2 Å². The number of aliphatic carboxylic acids is 1. The molecule has 0 radical (unpaired) electrons. The lowest BCUT2D eigenvalue weighted by atomic mass is 9.89. The molecule has 1 aliphatic heterocycles. The second-order valence-corrected chi connectivity index (χ2v) is 6.80. The molecule has 24 heavy (non-hydrogen) atoms. The van der Waals surface area contributed by atoms with Gasteiger partial charge in [-0.2, -0.15) is 0 Å². The third kappa shape index (κ3) is 3.93. The van der Waals surface area contributed by atoms with E-state index < -0.39 is 11.4 Å². The molecule has 0 saturated carbocycles. The molecule has 0 unspecified atom stereocenters. The number of fused-ring (bicyclic) bond motifs is 1. The van der Waals surface area contributed by atoms with Crippen molar-refractivity contribution in [3.8, 4) is 0 Å². The Bertz CT molecular complexity index is 667. The summed E-state index contributed by atoms with van der Waals surface area (Å²) in [5.74, 6) is -1.21. The number of carboxylic acids is 1. The lowest BCUT2D eigenvalue weighted by molar-refractivity contribution is -0.149. The summed E-state index contributed by atoms with van der Waals surface area (Å²) in [4.78, 5) is 37.0. The normalized spacial score (nSPS) is 14.3. The maximum absolute atomic E-state index is 12.1. The number of carbonyl (C=O) groups excluding carboxylic acids is 2. The van der Waals surface area contributed by atoms with Crippen molar-refractivity contribution in [2.24, 2.45) is 5.41 Å². The molecule has 1 aliphatic rings. The lowest BCUT2D eigenvalue weighted by Crippen LogP contribution is -2.35. The van der Waals surface area contributed by atoms with Gasteiger partial charge in [0, 0.05) is 30.8 Å². The largest absolute Gasteiger partial charge is 0.481 e. The highest BCUT2D eigenvalue weighted by Crippen LogP contribution is 2.31. The van der Waals surface area contributed by atoms with Gasteiger partial charge in [-0.3, -0.25) is 14.4 Å². The Labute approximate surface area is 141 Å². The van der Waals surface area contributed by atoms with Crippen LogP contribution in [-0.2, 0) is 20.8 Å². The number of aryl methyl sites for hydroxylation is 1. The Morgan fingerprint density at radius 1 is 1.29 bits per heavy atom. The zero-order chi connectivity index (χ0) is 17.9. The molecule has 0 atom stereocenters. The van der Waals surface area contributed by atoms with Gasteiger partial charge in [-0.25, -0.2) is 0 Å². The van der Waals surface area contributed by atoms with Crippen molar-refractivity contribution in [2.45, 2.75) is 46.5 Å². The van der Waals surface area contributed by atoms with Crippen LogP contribution in [-0.4, -0.2) is 29.4 Å². The fourth-order valence-electron chi connectivity index (χ4n) is 2.79. The number of amides is 2. The van der Waals surface area contributed by atoms with Crippen LogP contribution in [0.25, 0.3) is 0 Å². The molecule has 0 aromatic heterocycles. The molecule has 0 saturated heterocycles. The van der Waals surface area contributed by atoms with Gasteiger partial charge in [-0.1, -0.05) is 6.92 Å². The van der Waals surface area contributed by atoms with Crippen LogP contribution in [0.3, 0.4) is 0 Å². The second kappa shape index (κ2) is 7.03. The molecule has 0 bridgehead atoms. The van der Waals surface area contributed by atoms with Gasteiger partial charge in [0.25, 0.3) is 0 Å². The Morgan fingerprint density at radius 3 is 2.62 bits per heavy atom. The maximum Gasteiger partial charge on any atom is 0.309 e. The van der Waals surface area contributed by atoms with E-state index in [0.29, 0.717) is 25.1 Å². The van der Waals surface area contributed by atoms with Crippen LogP contribution in [0.4, 0.5) is 11.4 Å². The summed E-state index contributed by atoms with van der Waals surface area (Å²) in [6.45, 7) is 5.76. The number of carboxylic acid groups (broad SMARTS) is 1. The van der Waals surface area contributed by atoms with E-state index in [0.717, 1.165) is 17.7 Å². The number of nitrogens with zero attached hydrogens (tertiary/aromatic N) is 1. The zero-order valence-electron chi connectivity index (χ0n) is 14.4. The Balaban J connectivity index is 2.13. The first-order valence-corrected chi connectivity index (χ1v) is 8.21. The minimum atomic E-state index is -1.11. The van der Waals surface area contributed by atoms with Gasteiger partial charge >= 0.3 is 5.97 Å². The smallest absolute Gasteiger partial charge is 0.309 e. The van der Waals surface area contributed by atoms with E-state index in [1.54, 1.807) is 11.0 Å². The number of hydrogen-bond donors (Lipinski definition) is 2. The summed E-state index contributed by atoms with van der Waals surface area (Å²) < 4.78 is 0. The van der Waals surface area contributed by atoms with E-state index in [1.165, 1.54) is 13.8 Å². The molecular weight excluding hydrogens is 308 g/mol. The van der Waals surface area contributed by atoms with Crippen LogP contribution in [0.15, 0.2) is 18.2 Å². The molecule has 2 N–H and O–H groups in total. The van der Waals surface area contributed by atoms with Crippen LogP contribution >= 0.6 is 0 Å². The average Bonchev–Trinajstić information content (AvgIpc) is 2.49. The Morgan fingerprint density at radius 2 is 2.00 bits per heavy atom. The monoisotopic (exact) mass is 332 g/mol. The van der Waals surface area contributed by atoms with Crippen molar-refractivity contribution in [3.05, 3.63) is 23.8 Å². The van der Waals surface area contributed by atoms with Crippen LogP contribution < -0.4 is 10.2 Å². The first-order valence-electron chi connectivity index (χ1n) is 8.21. The fraction of sp³-hybridized carbons (Fsp3) is 0.500. The molecule has 0 aliphatic carbocycles. The standard InChI is InChI=1S/C18H24N2O4/c1-4-9-20-14-7-6-13(10-12(14)5-8-16(20)22)19-15(21)11-18(2,3)17(23)24/h6-7,10H,4-5,8-9,11H2,1-3H3,(H,19,21)(H,23,24). The van der Waals surface area contributed by atoms with Gasteiger partial charge in [0.05, 0.1) is 5.41 Å². The van der Waals surface area contributed by atoms with Gasteiger partial charge in [0.15, 0.2) is 0 Å². The predicted octanol–water partition coefficient (Wildman–Crippen LogP) is 2.82. The lowest BCUT2D eigenvalue weighted by Gasteiger charge is -2.29. The van der Waals surface area contributed by atoms with Gasteiger partial charge in [0.2, 0.25) is 11.8 Å². The van der Waals surface area contributed by atoms with Crippen molar-refractivity contribution in [1.29, 1.82) is 0 Å².